The number of amides is 2. The number of fused-ring (bicyclic) bond motifs is 2. The topological polar surface area (TPSA) is 78.1 Å². The van der Waals surface area contributed by atoms with E-state index in [4.69, 9.17) is 0 Å². The Kier molecular flexibility index (Phi) is 4.22. The first-order valence-electron chi connectivity index (χ1n) is 8.87. The van der Waals surface area contributed by atoms with E-state index in [0.717, 1.165) is 21.5 Å². The molecule has 0 spiro atoms. The van der Waals surface area contributed by atoms with Gasteiger partial charge in [0.25, 0.3) is 11.8 Å². The molecule has 5 rings (SSSR count). The Morgan fingerprint density at radius 2 is 2.14 bits per heavy atom. The molecule has 0 atom stereocenters. The van der Waals surface area contributed by atoms with Gasteiger partial charge in [0.05, 0.1) is 17.1 Å². The second-order valence-electron chi connectivity index (χ2n) is 6.58. The van der Waals surface area contributed by atoms with E-state index in [1.807, 2.05) is 46.8 Å². The highest BCUT2D eigenvalue weighted by Crippen LogP contribution is 2.30. The Morgan fingerprint density at radius 3 is 3.00 bits per heavy atom. The molecule has 6 nitrogen and oxygen atoms in total. The van der Waals surface area contributed by atoms with Crippen LogP contribution in [-0.2, 0) is 13.0 Å². The van der Waals surface area contributed by atoms with Gasteiger partial charge in [0.1, 0.15) is 0 Å². The second-order valence-corrected chi connectivity index (χ2v) is 8.61. The van der Waals surface area contributed by atoms with Crippen molar-refractivity contribution in [3.63, 3.8) is 0 Å². The molecule has 0 fully saturated rings. The van der Waals surface area contributed by atoms with Crippen LogP contribution in [0.5, 0.6) is 0 Å². The molecule has 0 saturated heterocycles. The molecule has 2 amide bonds. The monoisotopic (exact) mass is 408 g/mol. The zero-order valence-electron chi connectivity index (χ0n) is 14.8. The highest BCUT2D eigenvalue weighted by molar-refractivity contribution is 7.16. The quantitative estimate of drug-likeness (QED) is 0.535. The van der Waals surface area contributed by atoms with E-state index >= 15 is 0 Å². The van der Waals surface area contributed by atoms with Gasteiger partial charge in [0, 0.05) is 40.5 Å². The summed E-state index contributed by atoms with van der Waals surface area (Å²) < 4.78 is 0. The lowest BCUT2D eigenvalue weighted by Gasteiger charge is -2.26. The number of thiazole rings is 1. The van der Waals surface area contributed by atoms with Gasteiger partial charge in [0.15, 0.2) is 5.13 Å². The number of carbonyl (C=O) groups excluding carboxylic acids is 2. The fourth-order valence-electron chi connectivity index (χ4n) is 3.36. The average molecular weight is 409 g/mol. The summed E-state index contributed by atoms with van der Waals surface area (Å²) in [5, 5.41) is 6.35. The van der Waals surface area contributed by atoms with Gasteiger partial charge in [-0.25, -0.2) is 4.98 Å². The minimum atomic E-state index is -0.145. The van der Waals surface area contributed by atoms with Crippen molar-refractivity contribution < 1.29 is 9.59 Å². The van der Waals surface area contributed by atoms with E-state index in [1.54, 1.807) is 6.07 Å². The van der Waals surface area contributed by atoms with Crippen LogP contribution in [-0.4, -0.2) is 33.2 Å². The molecule has 4 aromatic rings. The van der Waals surface area contributed by atoms with E-state index in [0.29, 0.717) is 35.1 Å². The van der Waals surface area contributed by atoms with Gasteiger partial charge in [-0.05, 0) is 35.7 Å². The molecule has 1 aromatic carbocycles. The third-order valence-electron chi connectivity index (χ3n) is 4.78. The molecule has 28 heavy (non-hydrogen) atoms. The number of benzene rings is 1. The number of thiophene rings is 1. The van der Waals surface area contributed by atoms with Gasteiger partial charge in [-0.2, -0.15) is 0 Å². The molecule has 1 aliphatic heterocycles. The lowest BCUT2D eigenvalue weighted by molar-refractivity contribution is 0.0736. The molecule has 4 heterocycles. The summed E-state index contributed by atoms with van der Waals surface area (Å²) in [5.74, 6) is -0.125. The minimum Gasteiger partial charge on any atom is -0.361 e. The minimum absolute atomic E-state index is 0.0197. The Hall–Kier alpha value is -2.97. The number of hydrogen-bond acceptors (Lipinski definition) is 5. The summed E-state index contributed by atoms with van der Waals surface area (Å²) in [6, 6.07) is 11.3. The Morgan fingerprint density at radius 1 is 1.21 bits per heavy atom. The van der Waals surface area contributed by atoms with Gasteiger partial charge < -0.3 is 9.88 Å². The zero-order chi connectivity index (χ0) is 19.1. The number of hydrogen-bond donors (Lipinski definition) is 2. The lowest BCUT2D eigenvalue weighted by atomic mass is 10.1. The van der Waals surface area contributed by atoms with E-state index in [2.05, 4.69) is 15.3 Å². The summed E-state index contributed by atoms with van der Waals surface area (Å²) in [6.07, 6.45) is 2.56. The normalized spacial score (nSPS) is 13.5. The predicted molar refractivity (Wildman–Crippen MR) is 111 cm³/mol. The molecule has 0 unspecified atom stereocenters. The average Bonchev–Trinajstić information content (AvgIpc) is 3.45. The first kappa shape index (κ1) is 17.2. The Balaban J connectivity index is 1.32. The van der Waals surface area contributed by atoms with Crippen molar-refractivity contribution in [3.8, 4) is 0 Å². The first-order chi connectivity index (χ1) is 13.7. The molecular formula is C20H16N4O2S2. The number of carbonyl (C=O) groups is 2. The maximum atomic E-state index is 12.9. The smallest absolute Gasteiger partial charge is 0.267 e. The summed E-state index contributed by atoms with van der Waals surface area (Å²) in [7, 11) is 0. The van der Waals surface area contributed by atoms with Crippen molar-refractivity contribution in [2.45, 2.75) is 13.0 Å². The zero-order valence-corrected chi connectivity index (χ0v) is 16.4. The van der Waals surface area contributed by atoms with Gasteiger partial charge in [0.2, 0.25) is 0 Å². The maximum absolute atomic E-state index is 12.9. The van der Waals surface area contributed by atoms with Crippen LogP contribution in [0.2, 0.25) is 0 Å². The third kappa shape index (κ3) is 3.10. The molecule has 0 bridgehead atoms. The van der Waals surface area contributed by atoms with Gasteiger partial charge in [-0.1, -0.05) is 17.4 Å². The van der Waals surface area contributed by atoms with Gasteiger partial charge in [-0.15, -0.1) is 11.3 Å². The Labute approximate surface area is 168 Å². The van der Waals surface area contributed by atoms with Crippen LogP contribution in [0.1, 0.15) is 30.6 Å². The molecule has 8 heteroatoms. The van der Waals surface area contributed by atoms with Crippen LogP contribution in [0.15, 0.2) is 48.0 Å². The van der Waals surface area contributed by atoms with Crippen molar-refractivity contribution in [1.29, 1.82) is 0 Å². The maximum Gasteiger partial charge on any atom is 0.267 e. The van der Waals surface area contributed by atoms with E-state index < -0.39 is 0 Å². The van der Waals surface area contributed by atoms with Crippen molar-refractivity contribution >= 4 is 50.5 Å². The van der Waals surface area contributed by atoms with Crippen molar-refractivity contribution in [2.75, 3.05) is 11.9 Å². The van der Waals surface area contributed by atoms with Crippen molar-refractivity contribution in [3.05, 3.63) is 69.0 Å². The first-order valence-corrected chi connectivity index (χ1v) is 10.6. The van der Waals surface area contributed by atoms with Gasteiger partial charge in [-0.3, -0.25) is 14.9 Å². The summed E-state index contributed by atoms with van der Waals surface area (Å²) in [6.45, 7) is 1.14. The van der Waals surface area contributed by atoms with Crippen molar-refractivity contribution in [2.24, 2.45) is 0 Å². The highest BCUT2D eigenvalue weighted by atomic mass is 32.1. The number of rotatable bonds is 3. The molecule has 2 N–H and O–H groups in total. The summed E-state index contributed by atoms with van der Waals surface area (Å²) >= 11 is 2.84. The largest absolute Gasteiger partial charge is 0.361 e. The van der Waals surface area contributed by atoms with Crippen LogP contribution in [0.25, 0.3) is 10.9 Å². The third-order valence-corrected chi connectivity index (χ3v) is 6.65. The van der Waals surface area contributed by atoms with Crippen LogP contribution in [0, 0.1) is 0 Å². The standard InChI is InChI=1S/C20H16N4O2S2/c25-18(16-2-1-9-27-16)23-20-22-15-6-8-24(11-17(15)28-20)19(26)13-3-4-14-12(10-13)5-7-21-14/h1-5,7,9-10,21H,6,8,11H2,(H,22,23,25). The van der Waals surface area contributed by atoms with Gasteiger partial charge >= 0.3 is 0 Å². The van der Waals surface area contributed by atoms with Crippen molar-refractivity contribution in [1.82, 2.24) is 14.9 Å². The highest BCUT2D eigenvalue weighted by Gasteiger charge is 2.25. The van der Waals surface area contributed by atoms with Crippen LogP contribution in [0.4, 0.5) is 5.13 Å². The SMILES string of the molecule is O=C(Nc1nc2c(s1)CN(C(=O)c1ccc3[nH]ccc3c1)CC2)c1cccs1. The number of aromatic amines is 1. The van der Waals surface area contributed by atoms with Crippen LogP contribution in [0.3, 0.4) is 0 Å². The second kappa shape index (κ2) is 6.88. The van der Waals surface area contributed by atoms with E-state index in [-0.39, 0.29) is 11.8 Å². The molecule has 1 aliphatic rings. The summed E-state index contributed by atoms with van der Waals surface area (Å²) in [4.78, 5) is 36.4. The fraction of sp³-hybridized carbons (Fsp3) is 0.150. The molecular weight excluding hydrogens is 392 g/mol. The summed E-state index contributed by atoms with van der Waals surface area (Å²) in [5.41, 5.74) is 2.67. The van der Waals surface area contributed by atoms with E-state index in [1.165, 1.54) is 22.7 Å². The number of aromatic nitrogens is 2. The Bertz CT molecular complexity index is 1180. The molecule has 0 saturated carbocycles. The predicted octanol–water partition coefficient (Wildman–Crippen LogP) is 4.14. The molecule has 0 aliphatic carbocycles. The van der Waals surface area contributed by atoms with Crippen LogP contribution < -0.4 is 5.32 Å². The number of anilines is 1. The fourth-order valence-corrected chi connectivity index (χ4v) is 5.00. The molecule has 140 valence electrons. The number of H-pyrrole nitrogens is 1. The van der Waals surface area contributed by atoms with E-state index in [9.17, 15) is 9.59 Å². The number of nitrogens with zero attached hydrogens (tertiary/aromatic N) is 2. The molecule has 0 radical (unpaired) electrons. The molecule has 3 aromatic heterocycles. The lowest BCUT2D eigenvalue weighted by Crippen LogP contribution is -2.35. The number of nitrogens with one attached hydrogen (secondary N) is 2. The van der Waals surface area contributed by atoms with Crippen LogP contribution >= 0.6 is 22.7 Å².